The van der Waals surface area contributed by atoms with Crippen molar-refractivity contribution in [1.82, 2.24) is 0 Å². The number of fused-ring (bicyclic) bond motifs is 3. The maximum absolute atomic E-state index is 7.85. The number of benzene rings is 3. The van der Waals surface area contributed by atoms with Gasteiger partial charge in [0.25, 0.3) is 0 Å². The van der Waals surface area contributed by atoms with Gasteiger partial charge in [-0.2, -0.15) is 4.57 Å². The predicted molar refractivity (Wildman–Crippen MR) is 126 cm³/mol. The van der Waals surface area contributed by atoms with Gasteiger partial charge in [0.05, 0.1) is 12.1 Å². The van der Waals surface area contributed by atoms with Crippen LogP contribution in [0.15, 0.2) is 71.1 Å². The Bertz CT molecular complexity index is 1620. The molecular formula is C28H23N2O+. The minimum atomic E-state index is -2.18. The molecule has 3 heteroatoms. The molecule has 0 saturated heterocycles. The average Bonchev–Trinajstić information content (AvgIpc) is 3.18. The van der Waals surface area contributed by atoms with Gasteiger partial charge >= 0.3 is 0 Å². The van der Waals surface area contributed by atoms with Gasteiger partial charge in [-0.1, -0.05) is 42.5 Å². The lowest BCUT2D eigenvalue weighted by molar-refractivity contribution is -0.667. The Hall–Kier alpha value is -3.90. The van der Waals surface area contributed by atoms with Crippen LogP contribution in [0.25, 0.3) is 49.2 Å². The lowest BCUT2D eigenvalue weighted by Crippen LogP contribution is -2.35. The maximum atomic E-state index is 7.85. The molecule has 0 aliphatic heterocycles. The number of aryl methyl sites for hydroxylation is 2. The van der Waals surface area contributed by atoms with E-state index in [-0.39, 0.29) is 0 Å². The summed E-state index contributed by atoms with van der Waals surface area (Å²) in [6.07, 6.45) is 0. The SMILES string of the molecule is [2H]C([2H])([2H])c1ccc(-c2c(C)ccc3c2oc2c(-c4ccccc4)cc([N+]#[C-])cc23)[n+](C)c1C. The van der Waals surface area contributed by atoms with Crippen molar-refractivity contribution in [3.05, 3.63) is 95.0 Å². The number of hydrogen-bond acceptors (Lipinski definition) is 1. The van der Waals surface area contributed by atoms with Crippen LogP contribution >= 0.6 is 0 Å². The normalized spacial score (nSPS) is 13.0. The third-order valence-corrected chi connectivity index (χ3v) is 6.07. The third-order valence-electron chi connectivity index (χ3n) is 6.07. The zero-order chi connectivity index (χ0) is 24.2. The zero-order valence-corrected chi connectivity index (χ0v) is 17.7. The molecule has 150 valence electrons. The van der Waals surface area contributed by atoms with Gasteiger partial charge in [0.1, 0.15) is 18.2 Å². The number of pyridine rings is 1. The van der Waals surface area contributed by atoms with E-state index < -0.39 is 6.85 Å². The second-order valence-corrected chi connectivity index (χ2v) is 7.86. The van der Waals surface area contributed by atoms with Crippen LogP contribution in [0.4, 0.5) is 5.69 Å². The molecule has 0 bridgehead atoms. The Labute approximate surface area is 186 Å². The topological polar surface area (TPSA) is 21.4 Å². The summed E-state index contributed by atoms with van der Waals surface area (Å²) in [6, 6.07) is 21.3. The molecule has 5 rings (SSSR count). The monoisotopic (exact) mass is 406 g/mol. The van der Waals surface area contributed by atoms with Gasteiger partial charge in [0.2, 0.25) is 5.69 Å². The van der Waals surface area contributed by atoms with Gasteiger partial charge in [-0.3, -0.25) is 0 Å². The largest absolute Gasteiger partial charge is 0.455 e. The fraction of sp³-hybridized carbons (Fsp3) is 0.143. The van der Waals surface area contributed by atoms with Crippen molar-refractivity contribution in [1.29, 1.82) is 0 Å². The quantitative estimate of drug-likeness (QED) is 0.224. The summed E-state index contributed by atoms with van der Waals surface area (Å²) in [4.78, 5) is 3.70. The first-order valence-electron chi connectivity index (χ1n) is 11.6. The zero-order valence-electron chi connectivity index (χ0n) is 20.7. The first-order valence-corrected chi connectivity index (χ1v) is 10.1. The molecular weight excluding hydrogens is 380 g/mol. The Morgan fingerprint density at radius 3 is 2.42 bits per heavy atom. The lowest BCUT2D eigenvalue weighted by atomic mass is 9.98. The number of hydrogen-bond donors (Lipinski definition) is 0. The first-order chi connectivity index (χ1) is 16.2. The van der Waals surface area contributed by atoms with E-state index in [0.717, 1.165) is 49.9 Å². The van der Waals surface area contributed by atoms with E-state index in [2.05, 4.69) is 4.85 Å². The van der Waals surface area contributed by atoms with Gasteiger partial charge in [-0.25, -0.2) is 4.85 Å². The smallest absolute Gasteiger partial charge is 0.216 e. The van der Waals surface area contributed by atoms with Crippen molar-refractivity contribution in [2.45, 2.75) is 20.7 Å². The van der Waals surface area contributed by atoms with E-state index >= 15 is 0 Å². The summed E-state index contributed by atoms with van der Waals surface area (Å²) >= 11 is 0. The molecule has 2 aromatic heterocycles. The van der Waals surface area contributed by atoms with Gasteiger partial charge in [-0.05, 0) is 43.1 Å². The van der Waals surface area contributed by atoms with Crippen molar-refractivity contribution in [2.75, 3.05) is 0 Å². The Balaban J connectivity index is 1.87. The molecule has 31 heavy (non-hydrogen) atoms. The van der Waals surface area contributed by atoms with Crippen LogP contribution in [0.5, 0.6) is 0 Å². The van der Waals surface area contributed by atoms with Crippen LogP contribution in [0.1, 0.15) is 20.9 Å². The van der Waals surface area contributed by atoms with Crippen molar-refractivity contribution in [3.8, 4) is 22.4 Å². The van der Waals surface area contributed by atoms with Gasteiger partial charge in [0.15, 0.2) is 11.4 Å². The van der Waals surface area contributed by atoms with E-state index in [0.29, 0.717) is 16.9 Å². The van der Waals surface area contributed by atoms with Crippen molar-refractivity contribution >= 4 is 27.6 Å². The molecule has 2 heterocycles. The lowest BCUT2D eigenvalue weighted by Gasteiger charge is -2.08. The Kier molecular flexibility index (Phi) is 3.64. The highest BCUT2D eigenvalue weighted by Gasteiger charge is 2.23. The average molecular weight is 407 g/mol. The fourth-order valence-corrected chi connectivity index (χ4v) is 4.25. The molecule has 3 nitrogen and oxygen atoms in total. The number of nitrogens with zero attached hydrogens (tertiary/aromatic N) is 2. The van der Waals surface area contributed by atoms with Gasteiger partial charge < -0.3 is 4.42 Å². The van der Waals surface area contributed by atoms with Crippen LogP contribution in [0.3, 0.4) is 0 Å². The van der Waals surface area contributed by atoms with Crippen LogP contribution in [-0.4, -0.2) is 0 Å². The van der Waals surface area contributed by atoms with Crippen molar-refractivity contribution < 1.29 is 13.1 Å². The third kappa shape index (κ3) is 2.92. The molecule has 0 aliphatic carbocycles. The molecule has 0 aliphatic rings. The molecule has 0 saturated carbocycles. The summed E-state index contributed by atoms with van der Waals surface area (Å²) in [6.45, 7) is 9.29. The number of furan rings is 1. The van der Waals surface area contributed by atoms with Gasteiger partial charge in [-0.15, -0.1) is 0 Å². The summed E-state index contributed by atoms with van der Waals surface area (Å²) in [5.41, 5.74) is 7.71. The van der Waals surface area contributed by atoms with E-state index in [1.807, 2.05) is 86.1 Å². The Morgan fingerprint density at radius 1 is 0.903 bits per heavy atom. The van der Waals surface area contributed by atoms with Crippen LogP contribution < -0.4 is 4.57 Å². The van der Waals surface area contributed by atoms with Crippen LogP contribution in [-0.2, 0) is 7.05 Å². The number of aromatic nitrogens is 1. The molecule has 0 radical (unpaired) electrons. The minimum Gasteiger partial charge on any atom is -0.455 e. The van der Waals surface area contributed by atoms with Gasteiger partial charge in [0, 0.05) is 39.0 Å². The van der Waals surface area contributed by atoms with Crippen LogP contribution in [0.2, 0.25) is 0 Å². The highest BCUT2D eigenvalue weighted by atomic mass is 16.3. The second kappa shape index (κ2) is 7.11. The molecule has 0 N–H and O–H groups in total. The highest BCUT2D eigenvalue weighted by molar-refractivity contribution is 6.14. The Morgan fingerprint density at radius 2 is 1.68 bits per heavy atom. The minimum absolute atomic E-state index is 0.334. The van der Waals surface area contributed by atoms with E-state index in [4.69, 9.17) is 15.1 Å². The number of rotatable bonds is 2. The fourth-order valence-electron chi connectivity index (χ4n) is 4.25. The van der Waals surface area contributed by atoms with Crippen molar-refractivity contribution in [3.63, 3.8) is 0 Å². The molecule has 0 fully saturated rings. The molecule has 0 unspecified atom stereocenters. The van der Waals surface area contributed by atoms with Crippen molar-refractivity contribution in [2.24, 2.45) is 7.05 Å². The molecule has 0 atom stereocenters. The molecule has 0 amide bonds. The highest BCUT2D eigenvalue weighted by Crippen LogP contribution is 2.42. The second-order valence-electron chi connectivity index (χ2n) is 7.86. The molecule has 5 aromatic rings. The summed E-state index contributed by atoms with van der Waals surface area (Å²) in [5.74, 6) is 0. The molecule has 0 spiro atoms. The van der Waals surface area contributed by atoms with Crippen LogP contribution in [0, 0.1) is 27.3 Å². The van der Waals surface area contributed by atoms with E-state index in [1.165, 1.54) is 0 Å². The first kappa shape index (κ1) is 15.9. The predicted octanol–water partition coefficient (Wildman–Crippen LogP) is 7.22. The van der Waals surface area contributed by atoms with E-state index in [9.17, 15) is 0 Å². The van der Waals surface area contributed by atoms with E-state index in [1.54, 1.807) is 6.07 Å². The summed E-state index contributed by atoms with van der Waals surface area (Å²) in [5, 5.41) is 1.82. The maximum Gasteiger partial charge on any atom is 0.216 e. The summed E-state index contributed by atoms with van der Waals surface area (Å²) < 4.78 is 32.0. The summed E-state index contributed by atoms with van der Waals surface area (Å²) in [7, 11) is 1.88. The molecule has 3 aromatic carbocycles. The standard InChI is InChI=1S/C28H23N2O/c1-17-12-14-25(30(5)19(17)3)26-18(2)11-13-22-24-16-21(29-4)15-23(27(24)31-28(22)26)20-9-7-6-8-10-20/h6-16H,1-3,5H3/q+1/i1D3.